The molecule has 23 heavy (non-hydrogen) atoms. The van der Waals surface area contributed by atoms with Crippen LogP contribution in [0.2, 0.25) is 0 Å². The lowest BCUT2D eigenvalue weighted by Gasteiger charge is -2.18. The average Bonchev–Trinajstić information content (AvgIpc) is 3.01. The number of benzene rings is 1. The SMILES string of the molecule is C=CCN(CC=C)C(=O)CSc1n[nH]c(-c2ccccc2F)n1. The molecule has 2 rings (SSSR count). The van der Waals surface area contributed by atoms with Crippen molar-refractivity contribution < 1.29 is 9.18 Å². The van der Waals surface area contributed by atoms with Crippen LogP contribution in [0.1, 0.15) is 0 Å². The van der Waals surface area contributed by atoms with Crippen molar-refractivity contribution >= 4 is 17.7 Å². The summed E-state index contributed by atoms with van der Waals surface area (Å²) in [6, 6.07) is 6.30. The van der Waals surface area contributed by atoms with E-state index in [0.717, 1.165) is 0 Å². The maximum Gasteiger partial charge on any atom is 0.233 e. The predicted octanol–water partition coefficient (Wildman–Crippen LogP) is 2.90. The third-order valence-corrected chi connectivity index (χ3v) is 3.80. The highest BCUT2D eigenvalue weighted by Crippen LogP contribution is 2.21. The number of hydrogen-bond acceptors (Lipinski definition) is 4. The lowest BCUT2D eigenvalue weighted by Crippen LogP contribution is -2.32. The van der Waals surface area contributed by atoms with E-state index in [0.29, 0.717) is 29.6 Å². The van der Waals surface area contributed by atoms with E-state index >= 15 is 0 Å². The van der Waals surface area contributed by atoms with Crippen LogP contribution in [0.5, 0.6) is 0 Å². The standard InChI is InChI=1S/C16H17FN4OS/c1-3-9-21(10-4-2)14(22)11-23-16-18-15(19-20-16)12-7-5-6-8-13(12)17/h3-8H,1-2,9-11H2,(H,18,19,20). The van der Waals surface area contributed by atoms with Gasteiger partial charge in [0.25, 0.3) is 0 Å². The van der Waals surface area contributed by atoms with E-state index in [-0.39, 0.29) is 17.5 Å². The first-order valence-corrected chi connectivity index (χ1v) is 7.94. The fourth-order valence-corrected chi connectivity index (χ4v) is 2.59. The molecular formula is C16H17FN4OS. The zero-order chi connectivity index (χ0) is 16.7. The number of carbonyl (C=O) groups excluding carboxylic acids is 1. The van der Waals surface area contributed by atoms with Crippen molar-refractivity contribution in [3.63, 3.8) is 0 Å². The summed E-state index contributed by atoms with van der Waals surface area (Å²) < 4.78 is 13.7. The third-order valence-electron chi connectivity index (χ3n) is 2.97. The van der Waals surface area contributed by atoms with Crippen LogP contribution in [0.3, 0.4) is 0 Å². The molecule has 1 heterocycles. The number of rotatable bonds is 8. The minimum absolute atomic E-state index is 0.0629. The van der Waals surface area contributed by atoms with E-state index in [1.165, 1.54) is 17.8 Å². The van der Waals surface area contributed by atoms with Crippen molar-refractivity contribution in [1.82, 2.24) is 20.1 Å². The topological polar surface area (TPSA) is 61.9 Å². The molecule has 0 aliphatic carbocycles. The molecule has 0 radical (unpaired) electrons. The molecule has 0 fully saturated rings. The molecule has 1 N–H and O–H groups in total. The molecule has 7 heteroatoms. The number of halogens is 1. The van der Waals surface area contributed by atoms with E-state index in [1.54, 1.807) is 35.3 Å². The highest BCUT2D eigenvalue weighted by atomic mass is 32.2. The van der Waals surface area contributed by atoms with Gasteiger partial charge >= 0.3 is 0 Å². The number of thioether (sulfide) groups is 1. The number of carbonyl (C=O) groups is 1. The normalized spacial score (nSPS) is 10.3. The van der Waals surface area contributed by atoms with Crippen molar-refractivity contribution in [3.05, 3.63) is 55.4 Å². The number of aromatic amines is 1. The van der Waals surface area contributed by atoms with E-state index in [1.807, 2.05) is 0 Å². The molecule has 1 amide bonds. The Hall–Kier alpha value is -2.41. The van der Waals surface area contributed by atoms with Crippen LogP contribution in [0.4, 0.5) is 4.39 Å². The van der Waals surface area contributed by atoms with Gasteiger partial charge in [-0.1, -0.05) is 36.0 Å². The minimum Gasteiger partial charge on any atom is -0.335 e. The Bertz CT molecular complexity index is 691. The van der Waals surface area contributed by atoms with Crippen molar-refractivity contribution in [1.29, 1.82) is 0 Å². The van der Waals surface area contributed by atoms with Gasteiger partial charge in [0, 0.05) is 13.1 Å². The van der Waals surface area contributed by atoms with Crippen molar-refractivity contribution in [2.75, 3.05) is 18.8 Å². The monoisotopic (exact) mass is 332 g/mol. The van der Waals surface area contributed by atoms with E-state index < -0.39 is 0 Å². The number of nitrogens with one attached hydrogen (secondary N) is 1. The molecular weight excluding hydrogens is 315 g/mol. The van der Waals surface area contributed by atoms with Gasteiger partial charge in [-0.25, -0.2) is 9.37 Å². The van der Waals surface area contributed by atoms with Gasteiger partial charge in [0.05, 0.1) is 11.3 Å². The second-order valence-electron chi connectivity index (χ2n) is 4.61. The largest absolute Gasteiger partial charge is 0.335 e. The van der Waals surface area contributed by atoms with Crippen molar-refractivity contribution in [3.8, 4) is 11.4 Å². The Morgan fingerprint density at radius 1 is 1.30 bits per heavy atom. The molecule has 1 aromatic carbocycles. The Labute approximate surface area is 138 Å². The number of aromatic nitrogens is 3. The molecule has 0 saturated heterocycles. The summed E-state index contributed by atoms with van der Waals surface area (Å²) in [5.74, 6) is 0.0922. The summed E-state index contributed by atoms with van der Waals surface area (Å²) in [5.41, 5.74) is 0.345. The summed E-state index contributed by atoms with van der Waals surface area (Å²) in [7, 11) is 0. The Morgan fingerprint density at radius 3 is 2.65 bits per heavy atom. The average molecular weight is 332 g/mol. The van der Waals surface area contributed by atoms with Gasteiger partial charge in [-0.05, 0) is 12.1 Å². The lowest BCUT2D eigenvalue weighted by molar-refractivity contribution is -0.127. The van der Waals surface area contributed by atoms with Crippen molar-refractivity contribution in [2.24, 2.45) is 0 Å². The maximum atomic E-state index is 13.7. The molecule has 0 saturated carbocycles. The number of hydrogen-bond donors (Lipinski definition) is 1. The Kier molecular flexibility index (Phi) is 6.10. The summed E-state index contributed by atoms with van der Waals surface area (Å²) in [6.07, 6.45) is 3.32. The van der Waals surface area contributed by atoms with Crippen LogP contribution in [-0.2, 0) is 4.79 Å². The highest BCUT2D eigenvalue weighted by Gasteiger charge is 2.14. The maximum absolute atomic E-state index is 13.7. The number of amides is 1. The molecule has 2 aromatic rings. The van der Waals surface area contributed by atoms with Crippen LogP contribution in [0.15, 0.2) is 54.7 Å². The van der Waals surface area contributed by atoms with Crippen LogP contribution in [-0.4, -0.2) is 44.8 Å². The van der Waals surface area contributed by atoms with Crippen LogP contribution >= 0.6 is 11.8 Å². The summed E-state index contributed by atoms with van der Waals surface area (Å²) >= 11 is 1.19. The second-order valence-corrected chi connectivity index (χ2v) is 5.55. The summed E-state index contributed by atoms with van der Waals surface area (Å²) in [5, 5.41) is 7.09. The predicted molar refractivity (Wildman–Crippen MR) is 89.5 cm³/mol. The molecule has 5 nitrogen and oxygen atoms in total. The van der Waals surface area contributed by atoms with Crippen LogP contribution in [0, 0.1) is 5.82 Å². The lowest BCUT2D eigenvalue weighted by atomic mass is 10.2. The zero-order valence-corrected chi connectivity index (χ0v) is 13.4. The zero-order valence-electron chi connectivity index (χ0n) is 12.5. The van der Waals surface area contributed by atoms with E-state index in [2.05, 4.69) is 28.3 Å². The molecule has 0 unspecified atom stereocenters. The molecule has 0 aliphatic rings. The first-order valence-electron chi connectivity index (χ1n) is 6.95. The second kappa shape index (κ2) is 8.28. The van der Waals surface area contributed by atoms with Gasteiger partial charge < -0.3 is 4.90 Å². The summed E-state index contributed by atoms with van der Waals surface area (Å²) in [6.45, 7) is 8.17. The fraction of sp³-hybridized carbons (Fsp3) is 0.188. The van der Waals surface area contributed by atoms with Gasteiger partial charge in [0.15, 0.2) is 5.82 Å². The highest BCUT2D eigenvalue weighted by molar-refractivity contribution is 7.99. The number of nitrogens with zero attached hydrogens (tertiary/aromatic N) is 3. The quantitative estimate of drug-likeness (QED) is 0.596. The fourth-order valence-electron chi connectivity index (χ4n) is 1.89. The molecule has 1 aromatic heterocycles. The van der Waals surface area contributed by atoms with E-state index in [4.69, 9.17) is 0 Å². The van der Waals surface area contributed by atoms with Gasteiger partial charge in [-0.15, -0.1) is 18.3 Å². The minimum atomic E-state index is -0.376. The first kappa shape index (κ1) is 17.0. The van der Waals surface area contributed by atoms with Gasteiger partial charge in [-0.3, -0.25) is 9.89 Å². The van der Waals surface area contributed by atoms with Gasteiger partial charge in [0.2, 0.25) is 11.1 Å². The van der Waals surface area contributed by atoms with Crippen molar-refractivity contribution in [2.45, 2.75) is 5.16 Å². The third kappa shape index (κ3) is 4.53. The summed E-state index contributed by atoms with van der Waals surface area (Å²) in [4.78, 5) is 17.9. The molecule has 0 atom stereocenters. The van der Waals surface area contributed by atoms with Gasteiger partial charge in [-0.2, -0.15) is 0 Å². The van der Waals surface area contributed by atoms with E-state index in [9.17, 15) is 9.18 Å². The Balaban J connectivity index is 1.99. The molecule has 120 valence electrons. The van der Waals surface area contributed by atoms with Crippen LogP contribution < -0.4 is 0 Å². The number of H-pyrrole nitrogens is 1. The van der Waals surface area contributed by atoms with Crippen LogP contribution in [0.25, 0.3) is 11.4 Å². The first-order chi connectivity index (χ1) is 11.2. The molecule has 0 bridgehead atoms. The molecule has 0 aliphatic heterocycles. The Morgan fingerprint density at radius 2 is 2.00 bits per heavy atom. The smallest absolute Gasteiger partial charge is 0.233 e. The molecule has 0 spiro atoms. The van der Waals surface area contributed by atoms with Gasteiger partial charge in [0.1, 0.15) is 5.82 Å².